The number of nitrogens with zero attached hydrogens (tertiary/aromatic N) is 1. The quantitative estimate of drug-likeness (QED) is 0.581. The van der Waals surface area contributed by atoms with E-state index in [2.05, 4.69) is 14.7 Å². The number of aromatic nitrogens is 2. The molecule has 13 heteroatoms. The lowest BCUT2D eigenvalue weighted by Crippen LogP contribution is -2.14. The fourth-order valence-corrected chi connectivity index (χ4v) is 3.56. The lowest BCUT2D eigenvalue weighted by Gasteiger charge is -2.11. The second kappa shape index (κ2) is 7.22. The van der Waals surface area contributed by atoms with Crippen molar-refractivity contribution in [3.05, 3.63) is 47.8 Å². The maximum absolute atomic E-state index is 14.0. The van der Waals surface area contributed by atoms with Gasteiger partial charge in [0.25, 0.3) is 16.4 Å². The molecule has 0 aliphatic carbocycles. The molecule has 0 fully saturated rings. The molecule has 0 aliphatic rings. The van der Waals surface area contributed by atoms with E-state index in [1.54, 1.807) is 4.72 Å². The number of fused-ring (bicyclic) bond motifs is 1. The highest BCUT2D eigenvalue weighted by Gasteiger charge is 2.24. The summed E-state index contributed by atoms with van der Waals surface area (Å²) in [6.07, 6.45) is -1.95. The Morgan fingerprint density at radius 2 is 1.79 bits per heavy atom. The lowest BCUT2D eigenvalue weighted by molar-refractivity contribution is -0.0523. The van der Waals surface area contributed by atoms with E-state index in [1.165, 1.54) is 0 Å². The number of H-pyrrole nitrogens is 1. The zero-order valence-electron chi connectivity index (χ0n) is 13.4. The van der Waals surface area contributed by atoms with E-state index in [1.807, 2.05) is 0 Å². The van der Waals surface area contributed by atoms with Crippen LogP contribution in [-0.2, 0) is 10.0 Å². The molecule has 0 amide bonds. The molecule has 0 saturated heterocycles. The Labute approximate surface area is 153 Å². The summed E-state index contributed by atoms with van der Waals surface area (Å²) in [5.41, 5.74) is -1.62. The van der Waals surface area contributed by atoms with Crippen molar-refractivity contribution in [1.82, 2.24) is 9.97 Å². The number of rotatable bonds is 6. The zero-order chi connectivity index (χ0) is 20.6. The SMILES string of the molecule is O=S(=O)(Nc1cc(F)c(OC(F)F)cc1F)c1c[nH]c2nc(C(F)F)ccc12. The van der Waals surface area contributed by atoms with Gasteiger partial charge in [-0.2, -0.15) is 8.78 Å². The van der Waals surface area contributed by atoms with Crippen LogP contribution in [0.2, 0.25) is 0 Å². The highest BCUT2D eigenvalue weighted by Crippen LogP contribution is 2.30. The molecule has 6 nitrogen and oxygen atoms in total. The van der Waals surface area contributed by atoms with Gasteiger partial charge in [0.15, 0.2) is 17.4 Å². The van der Waals surface area contributed by atoms with Gasteiger partial charge in [-0.1, -0.05) is 0 Å². The molecule has 2 heterocycles. The van der Waals surface area contributed by atoms with Crippen LogP contribution in [0.15, 0.2) is 35.4 Å². The summed E-state index contributed by atoms with van der Waals surface area (Å²) >= 11 is 0. The number of pyridine rings is 1. The van der Waals surface area contributed by atoms with Crippen LogP contribution in [-0.4, -0.2) is 25.0 Å². The van der Waals surface area contributed by atoms with Gasteiger partial charge in [0.2, 0.25) is 0 Å². The van der Waals surface area contributed by atoms with E-state index < -0.39 is 56.7 Å². The number of hydrogen-bond donors (Lipinski definition) is 2. The standard InChI is InChI=1S/C15H9F6N3O3S/c16-7-4-11(27-15(20)21)8(17)3-10(7)24-28(25,26)12-5-22-14-6(12)1-2-9(23-14)13(18)19/h1-5,13,15,24H,(H,22,23). The van der Waals surface area contributed by atoms with Crippen molar-refractivity contribution >= 4 is 26.7 Å². The van der Waals surface area contributed by atoms with E-state index in [0.29, 0.717) is 6.07 Å². The minimum atomic E-state index is -4.51. The van der Waals surface area contributed by atoms with Crippen molar-refractivity contribution in [3.63, 3.8) is 0 Å². The van der Waals surface area contributed by atoms with Crippen molar-refractivity contribution in [2.75, 3.05) is 4.72 Å². The molecule has 0 radical (unpaired) electrons. The molecule has 1 aromatic carbocycles. The molecule has 0 spiro atoms. The molecule has 0 saturated carbocycles. The molecule has 3 rings (SSSR count). The predicted octanol–water partition coefficient (Wildman–Crippen LogP) is 4.18. The van der Waals surface area contributed by atoms with E-state index in [4.69, 9.17) is 0 Å². The first-order valence-electron chi connectivity index (χ1n) is 7.31. The highest BCUT2D eigenvalue weighted by atomic mass is 32.2. The van der Waals surface area contributed by atoms with Gasteiger partial charge in [-0.15, -0.1) is 0 Å². The highest BCUT2D eigenvalue weighted by molar-refractivity contribution is 7.93. The minimum Gasteiger partial charge on any atom is -0.432 e. The summed E-state index contributed by atoms with van der Waals surface area (Å²) in [6.45, 7) is -3.41. The van der Waals surface area contributed by atoms with Crippen molar-refractivity contribution < 1.29 is 39.5 Å². The van der Waals surface area contributed by atoms with Crippen molar-refractivity contribution in [1.29, 1.82) is 0 Å². The van der Waals surface area contributed by atoms with Gasteiger partial charge in [0, 0.05) is 23.7 Å². The summed E-state index contributed by atoms with van der Waals surface area (Å²) in [6, 6.07) is 2.57. The maximum Gasteiger partial charge on any atom is 0.387 e. The average molecular weight is 425 g/mol. The Balaban J connectivity index is 1.96. The summed E-state index contributed by atoms with van der Waals surface area (Å²) in [7, 11) is -4.51. The number of nitrogens with one attached hydrogen (secondary N) is 2. The number of sulfonamides is 1. The van der Waals surface area contributed by atoms with Crippen molar-refractivity contribution in [3.8, 4) is 5.75 Å². The minimum absolute atomic E-state index is 0.0737. The number of aromatic amines is 1. The van der Waals surface area contributed by atoms with Crippen LogP contribution in [0.3, 0.4) is 0 Å². The van der Waals surface area contributed by atoms with Gasteiger partial charge in [-0.05, 0) is 12.1 Å². The zero-order valence-corrected chi connectivity index (χ0v) is 14.2. The smallest absolute Gasteiger partial charge is 0.387 e. The summed E-state index contributed by atoms with van der Waals surface area (Å²) in [4.78, 5) is 5.50. The van der Waals surface area contributed by atoms with E-state index in [-0.39, 0.29) is 17.1 Å². The number of benzene rings is 1. The summed E-state index contributed by atoms with van der Waals surface area (Å²) < 4.78 is 108. The Kier molecular flexibility index (Phi) is 5.10. The largest absolute Gasteiger partial charge is 0.432 e. The first-order chi connectivity index (χ1) is 13.1. The predicted molar refractivity (Wildman–Crippen MR) is 84.8 cm³/mol. The Morgan fingerprint density at radius 3 is 2.43 bits per heavy atom. The molecule has 150 valence electrons. The molecule has 0 bridgehead atoms. The van der Waals surface area contributed by atoms with Crippen LogP contribution in [0.5, 0.6) is 5.75 Å². The summed E-state index contributed by atoms with van der Waals surface area (Å²) in [5.74, 6) is -3.91. The number of hydrogen-bond acceptors (Lipinski definition) is 4. The Bertz CT molecular complexity index is 1130. The third kappa shape index (κ3) is 3.83. The van der Waals surface area contributed by atoms with Crippen LogP contribution < -0.4 is 9.46 Å². The number of anilines is 1. The molecule has 2 N–H and O–H groups in total. The topological polar surface area (TPSA) is 84.1 Å². The third-order valence-corrected chi connectivity index (χ3v) is 4.92. The molecule has 0 unspecified atom stereocenters. The van der Waals surface area contributed by atoms with E-state index >= 15 is 0 Å². The second-order valence-electron chi connectivity index (χ2n) is 5.33. The van der Waals surface area contributed by atoms with Gasteiger partial charge in [-0.25, -0.2) is 31.0 Å². The van der Waals surface area contributed by atoms with Crippen LogP contribution in [0.25, 0.3) is 11.0 Å². The van der Waals surface area contributed by atoms with Crippen LogP contribution in [0, 0.1) is 11.6 Å². The van der Waals surface area contributed by atoms with Gasteiger partial charge in [-0.3, -0.25) is 4.72 Å². The number of halogens is 6. The van der Waals surface area contributed by atoms with Crippen LogP contribution in [0.1, 0.15) is 12.1 Å². The summed E-state index contributed by atoms with van der Waals surface area (Å²) in [5, 5.41) is -0.0737. The first kappa shape index (κ1) is 19.8. The normalized spacial score (nSPS) is 12.1. The number of ether oxygens (including phenoxy) is 1. The Morgan fingerprint density at radius 1 is 1.07 bits per heavy atom. The fourth-order valence-electron chi connectivity index (χ4n) is 2.33. The van der Waals surface area contributed by atoms with E-state index in [9.17, 15) is 34.8 Å². The van der Waals surface area contributed by atoms with Gasteiger partial charge in [0.05, 0.1) is 5.69 Å². The molecule has 2 aromatic heterocycles. The fraction of sp³-hybridized carbons (Fsp3) is 0.133. The van der Waals surface area contributed by atoms with E-state index in [0.717, 1.165) is 18.3 Å². The average Bonchev–Trinajstić information content (AvgIpc) is 3.02. The molecule has 3 aromatic rings. The molecular formula is C15H9F6N3O3S. The second-order valence-corrected chi connectivity index (χ2v) is 6.98. The monoisotopic (exact) mass is 425 g/mol. The van der Waals surface area contributed by atoms with Crippen LogP contribution in [0.4, 0.5) is 32.0 Å². The van der Waals surface area contributed by atoms with Crippen molar-refractivity contribution in [2.24, 2.45) is 0 Å². The lowest BCUT2D eigenvalue weighted by atomic mass is 10.3. The van der Waals surface area contributed by atoms with Gasteiger partial charge >= 0.3 is 6.61 Å². The van der Waals surface area contributed by atoms with Gasteiger partial charge < -0.3 is 9.72 Å². The molecule has 28 heavy (non-hydrogen) atoms. The van der Waals surface area contributed by atoms with Gasteiger partial charge in [0.1, 0.15) is 16.2 Å². The maximum atomic E-state index is 14.0. The van der Waals surface area contributed by atoms with Crippen LogP contribution >= 0.6 is 0 Å². The molecule has 0 atom stereocenters. The first-order valence-corrected chi connectivity index (χ1v) is 8.79. The molecule has 0 aliphatic heterocycles. The Hall–Kier alpha value is -2.96. The third-order valence-electron chi connectivity index (χ3n) is 3.52. The molecular weight excluding hydrogens is 416 g/mol. The van der Waals surface area contributed by atoms with Crippen molar-refractivity contribution in [2.45, 2.75) is 17.9 Å². The number of alkyl halides is 4.